The van der Waals surface area contributed by atoms with E-state index < -0.39 is 176 Å². The van der Waals surface area contributed by atoms with Gasteiger partial charge < -0.3 is 99.9 Å². The Morgan fingerprint density at radius 1 is 0.553 bits per heavy atom. The van der Waals surface area contributed by atoms with Crippen molar-refractivity contribution in [3.8, 4) is 0 Å². The van der Waals surface area contributed by atoms with Crippen molar-refractivity contribution in [3.63, 3.8) is 0 Å². The van der Waals surface area contributed by atoms with Crippen LogP contribution in [0.2, 0.25) is 0 Å². The van der Waals surface area contributed by atoms with Crippen LogP contribution < -0.4 is 59.3 Å². The van der Waals surface area contributed by atoms with Gasteiger partial charge in [0.1, 0.15) is 48.3 Å². The number of H-pyrrole nitrogens is 2. The molecule has 0 saturated heterocycles. The Morgan fingerprint density at radius 3 is 1.46 bits per heavy atom. The minimum atomic E-state index is -1.89. The van der Waals surface area contributed by atoms with E-state index in [9.17, 15) is 88.2 Å². The quantitative estimate of drug-likeness (QED) is 0.0285. The van der Waals surface area contributed by atoms with Crippen molar-refractivity contribution < 1.29 is 88.2 Å². The Balaban J connectivity index is 2.26. The van der Waals surface area contributed by atoms with Crippen LogP contribution in [-0.2, 0) is 70.4 Å². The van der Waals surface area contributed by atoms with Crippen LogP contribution in [0.4, 0.5) is 0 Å². The maximum Gasteiger partial charge on any atom is 0.326 e. The predicted molar refractivity (Wildman–Crippen MR) is 257 cm³/mol. The molecule has 2 aromatic heterocycles. The molecule has 0 aliphatic carbocycles. The first-order chi connectivity index (χ1) is 35.8. The number of aromatic nitrogens is 4. The molecule has 0 aliphatic rings. The van der Waals surface area contributed by atoms with E-state index in [1.165, 1.54) is 32.0 Å². The van der Waals surface area contributed by atoms with Gasteiger partial charge in [0.25, 0.3) is 0 Å². The standard InChI is InChI=1S/C43H67N15O18/c1-19(45)35(67)53-28(12-32(65)66)39(71)54-26(10-22-13-46-17-49-22)37(69)51-24(7-8-31(63)64)36(68)48-15-30(62)57-33(20(2)60)41(73)55-27(11-23-14-47-18-50-23)38(70)56-29(16-59)40(72)58-34(21(3)61)42(74)52-25(43(75)76)6-4-5-9-44/h13-14,17-21,24-29,33-34,59-61H,4-12,15-16,44-45H2,1-3H3,(H,46,49)(H,47,50)(H,48,68)(H,51,69)(H,52,74)(H,53,67)(H,54,71)(H,55,73)(H,56,70)(H,57,62)(H,58,72)(H,63,64)(H,65,66)(H,75,76)/t19-,20+,21+,24-,25-,26-,27-,28-,29-,33-,34-/m0/s1. The first-order valence-electron chi connectivity index (χ1n) is 23.5. The number of aromatic amines is 2. The third kappa shape index (κ3) is 22.5. The number of carbonyl (C=O) groups is 12. The molecule has 0 aliphatic heterocycles. The maximum absolute atomic E-state index is 13.7. The van der Waals surface area contributed by atoms with Crippen LogP contribution >= 0.6 is 0 Å². The summed E-state index contributed by atoms with van der Waals surface area (Å²) in [5, 5.41) is 79.3. The number of unbranched alkanes of at least 4 members (excludes halogenated alkanes) is 1. The lowest BCUT2D eigenvalue weighted by Gasteiger charge is -2.27. The third-order valence-corrected chi connectivity index (χ3v) is 10.9. The Morgan fingerprint density at radius 2 is 1.01 bits per heavy atom. The van der Waals surface area contributed by atoms with Gasteiger partial charge in [-0.1, -0.05) is 0 Å². The van der Waals surface area contributed by atoms with Gasteiger partial charge in [0.15, 0.2) is 0 Å². The summed E-state index contributed by atoms with van der Waals surface area (Å²) in [6, 6.07) is -14.9. The van der Waals surface area contributed by atoms with Crippen molar-refractivity contribution in [3.05, 3.63) is 36.4 Å². The van der Waals surface area contributed by atoms with Crippen LogP contribution in [0.5, 0.6) is 0 Å². The summed E-state index contributed by atoms with van der Waals surface area (Å²) in [4.78, 5) is 168. The predicted octanol–water partition coefficient (Wildman–Crippen LogP) is -8.43. The zero-order valence-electron chi connectivity index (χ0n) is 41.6. The zero-order valence-corrected chi connectivity index (χ0v) is 41.6. The monoisotopic (exact) mass is 1080 g/mol. The topological polar surface area (TPSA) is 544 Å². The summed E-state index contributed by atoms with van der Waals surface area (Å²) in [6.07, 6.45) is -0.561. The molecule has 0 unspecified atom stereocenters. The van der Waals surface area contributed by atoms with E-state index >= 15 is 0 Å². The second-order valence-corrected chi connectivity index (χ2v) is 17.3. The maximum atomic E-state index is 13.7. The number of amides is 9. The smallest absolute Gasteiger partial charge is 0.326 e. The molecular weight excluding hydrogens is 1010 g/mol. The summed E-state index contributed by atoms with van der Waals surface area (Å²) < 4.78 is 0. The fourth-order valence-corrected chi connectivity index (χ4v) is 6.73. The number of hydrogen-bond acceptors (Lipinski definition) is 19. The second kappa shape index (κ2) is 32.2. The Labute approximate surface area is 432 Å². The molecule has 11 atom stereocenters. The number of carboxylic acids is 3. The van der Waals surface area contributed by atoms with Gasteiger partial charge in [-0.15, -0.1) is 0 Å². The molecule has 0 spiro atoms. The fraction of sp³-hybridized carbons (Fsp3) is 0.581. The summed E-state index contributed by atoms with van der Waals surface area (Å²) >= 11 is 0. The molecular formula is C43H67N15O18. The van der Waals surface area contributed by atoms with Crippen molar-refractivity contribution in [1.82, 2.24) is 67.8 Å². The highest BCUT2D eigenvalue weighted by molar-refractivity contribution is 5.98. The lowest BCUT2D eigenvalue weighted by molar-refractivity contribution is -0.143. The first kappa shape index (κ1) is 64.0. The van der Waals surface area contributed by atoms with Gasteiger partial charge >= 0.3 is 17.9 Å². The highest BCUT2D eigenvalue weighted by Gasteiger charge is 2.36. The molecule has 0 bridgehead atoms. The highest BCUT2D eigenvalue weighted by atomic mass is 16.4. The number of nitrogens with zero attached hydrogens (tertiary/aromatic N) is 2. The minimum absolute atomic E-state index is 0.0334. The van der Waals surface area contributed by atoms with E-state index in [4.69, 9.17) is 11.5 Å². The van der Waals surface area contributed by atoms with Gasteiger partial charge in [-0.3, -0.25) is 52.7 Å². The van der Waals surface area contributed by atoms with Crippen molar-refractivity contribution in [2.45, 2.75) is 139 Å². The number of carbonyl (C=O) groups excluding carboxylic acids is 9. The lowest BCUT2D eigenvalue weighted by atomic mass is 10.1. The number of rotatable bonds is 35. The Hall–Kier alpha value is -8.14. The van der Waals surface area contributed by atoms with Crippen LogP contribution in [0, 0.1) is 0 Å². The molecule has 0 saturated carbocycles. The molecule has 0 aromatic carbocycles. The number of nitrogens with one attached hydrogen (secondary N) is 11. The summed E-state index contributed by atoms with van der Waals surface area (Å²) in [5.74, 6) is -14.6. The average molecular weight is 1080 g/mol. The van der Waals surface area contributed by atoms with Crippen molar-refractivity contribution >= 4 is 71.1 Å². The number of aliphatic carboxylic acids is 3. The molecule has 2 rings (SSSR count). The molecule has 2 heterocycles. The van der Waals surface area contributed by atoms with Gasteiger partial charge in [0.2, 0.25) is 53.2 Å². The van der Waals surface area contributed by atoms with Crippen LogP contribution in [-0.4, -0.2) is 208 Å². The van der Waals surface area contributed by atoms with Crippen molar-refractivity contribution in [1.29, 1.82) is 0 Å². The minimum Gasteiger partial charge on any atom is -0.481 e. The fourth-order valence-electron chi connectivity index (χ4n) is 6.73. The van der Waals surface area contributed by atoms with Gasteiger partial charge in [-0.25, -0.2) is 14.8 Å². The molecule has 9 amide bonds. The molecule has 33 nitrogen and oxygen atoms in total. The number of imidazole rings is 2. The van der Waals surface area contributed by atoms with Gasteiger partial charge in [0.05, 0.1) is 61.9 Å². The van der Waals surface area contributed by atoms with Crippen LogP contribution in [0.25, 0.3) is 0 Å². The van der Waals surface area contributed by atoms with Gasteiger partial charge in [-0.2, -0.15) is 0 Å². The van der Waals surface area contributed by atoms with Crippen LogP contribution in [0.15, 0.2) is 25.0 Å². The van der Waals surface area contributed by atoms with E-state index in [0.29, 0.717) is 12.8 Å². The lowest BCUT2D eigenvalue weighted by Crippen LogP contribution is -2.62. The van der Waals surface area contributed by atoms with E-state index in [-0.39, 0.29) is 30.8 Å². The number of nitrogens with two attached hydrogens (primary N) is 2. The Kier molecular flexibility index (Phi) is 27.1. The number of aliphatic hydroxyl groups excluding tert-OH is 3. The molecule has 0 radical (unpaired) electrons. The highest BCUT2D eigenvalue weighted by Crippen LogP contribution is 2.08. The van der Waals surface area contributed by atoms with Gasteiger partial charge in [0, 0.05) is 31.7 Å². The number of carboxylic acid groups (broad SMARTS) is 3. The van der Waals surface area contributed by atoms with E-state index in [1.54, 1.807) is 0 Å². The molecule has 76 heavy (non-hydrogen) atoms. The number of aliphatic hydroxyl groups is 3. The van der Waals surface area contributed by atoms with E-state index in [2.05, 4.69) is 67.8 Å². The van der Waals surface area contributed by atoms with Crippen LogP contribution in [0.1, 0.15) is 70.7 Å². The molecule has 422 valence electrons. The summed E-state index contributed by atoms with van der Waals surface area (Å²) in [7, 11) is 0. The van der Waals surface area contributed by atoms with Crippen LogP contribution in [0.3, 0.4) is 0 Å². The second-order valence-electron chi connectivity index (χ2n) is 17.3. The van der Waals surface area contributed by atoms with Gasteiger partial charge in [-0.05, 0) is 53.0 Å². The SMILES string of the molecule is C[C@H](N)C(=O)N[C@@H](CC(=O)O)C(=O)N[C@@H](Cc1c[nH]cn1)C(=O)N[C@@H](CCC(=O)O)C(=O)NCC(=O)N[C@H](C(=O)N[C@@H](Cc1c[nH]cn1)C(=O)N[C@@H](CO)C(=O)N[C@H](C(=O)N[C@@H](CCCCN)C(=O)O)[C@@H](C)O)[C@@H](C)O. The zero-order chi connectivity index (χ0) is 57.2. The van der Waals surface area contributed by atoms with Crippen molar-refractivity contribution in [2.24, 2.45) is 11.5 Å². The molecule has 2 aromatic rings. The number of hydrogen-bond donors (Lipinski definition) is 19. The molecule has 33 heteroatoms. The molecule has 21 N–H and O–H groups in total. The first-order valence-corrected chi connectivity index (χ1v) is 23.5. The van der Waals surface area contributed by atoms with E-state index in [1.807, 2.05) is 0 Å². The van der Waals surface area contributed by atoms with Crippen molar-refractivity contribution in [2.75, 3.05) is 19.7 Å². The largest absolute Gasteiger partial charge is 0.481 e. The molecule has 0 fully saturated rings. The normalized spacial score (nSPS) is 15.4. The Bertz CT molecular complexity index is 2300. The third-order valence-electron chi connectivity index (χ3n) is 10.9. The summed E-state index contributed by atoms with van der Waals surface area (Å²) in [6.45, 7) is 1.59. The van der Waals surface area contributed by atoms with E-state index in [0.717, 1.165) is 13.8 Å². The summed E-state index contributed by atoms with van der Waals surface area (Å²) in [5.41, 5.74) is 11.3. The average Bonchev–Trinajstić information content (AvgIpc) is 4.08.